The van der Waals surface area contributed by atoms with Gasteiger partial charge in [-0.3, -0.25) is 0 Å². The van der Waals surface area contributed by atoms with Crippen LogP contribution in [0.15, 0.2) is 29.7 Å². The molecule has 0 aliphatic rings. The fourth-order valence-corrected chi connectivity index (χ4v) is 1.45. The molecule has 0 N–H and O–H groups in total. The molecule has 0 radical (unpaired) electrons. The highest BCUT2D eigenvalue weighted by atomic mass is 35.7. The largest absolute Gasteiger partial charge is 0.416 e. The van der Waals surface area contributed by atoms with Gasteiger partial charge in [-0.25, -0.2) is 8.42 Å². The first-order valence-electron chi connectivity index (χ1n) is 3.98. The van der Waals surface area contributed by atoms with E-state index in [1.807, 2.05) is 0 Å². The van der Waals surface area contributed by atoms with Crippen LogP contribution in [0.4, 0.5) is 13.2 Å². The summed E-state index contributed by atoms with van der Waals surface area (Å²) in [5.74, 6) is 0. The zero-order valence-corrected chi connectivity index (χ0v) is 9.27. The first-order valence-corrected chi connectivity index (χ1v) is 6.36. The summed E-state index contributed by atoms with van der Waals surface area (Å²) in [6.07, 6.45) is -3.46. The molecule has 16 heavy (non-hydrogen) atoms. The Kier molecular flexibility index (Phi) is 3.64. The van der Waals surface area contributed by atoms with Crippen LogP contribution in [0.3, 0.4) is 0 Å². The lowest BCUT2D eigenvalue weighted by Gasteiger charge is -2.06. The summed E-state index contributed by atoms with van der Waals surface area (Å²) < 4.78 is 57.9. The average Bonchev–Trinajstić information content (AvgIpc) is 2.13. The highest BCUT2D eigenvalue weighted by molar-refractivity contribution is 8.16. The van der Waals surface area contributed by atoms with Crippen molar-refractivity contribution < 1.29 is 21.6 Å². The van der Waals surface area contributed by atoms with Crippen molar-refractivity contribution in [3.63, 3.8) is 0 Å². The van der Waals surface area contributed by atoms with Crippen molar-refractivity contribution in [2.45, 2.75) is 6.18 Å². The lowest BCUT2D eigenvalue weighted by Crippen LogP contribution is -2.04. The molecule has 0 unspecified atom stereocenters. The Balaban J connectivity index is 3.05. The molecule has 1 rings (SSSR count). The third-order valence-electron chi connectivity index (χ3n) is 1.64. The number of rotatable bonds is 2. The molecule has 0 heterocycles. The molecule has 0 atom stereocenters. The second-order valence-electron chi connectivity index (χ2n) is 2.90. The summed E-state index contributed by atoms with van der Waals surface area (Å²) >= 11 is 0. The van der Waals surface area contributed by atoms with Crippen molar-refractivity contribution in [2.24, 2.45) is 0 Å². The van der Waals surface area contributed by atoms with Gasteiger partial charge in [-0.1, -0.05) is 12.1 Å². The maximum Gasteiger partial charge on any atom is 0.416 e. The predicted molar refractivity (Wildman–Crippen MR) is 55.3 cm³/mol. The van der Waals surface area contributed by atoms with Gasteiger partial charge in [0, 0.05) is 16.1 Å². The standard InChI is InChI=1S/C9H6ClF3O2S/c10-16(14,15)5-4-7-2-1-3-8(6-7)9(11,12)13/h1-6H. The van der Waals surface area contributed by atoms with Gasteiger partial charge in [0.05, 0.1) is 5.56 Å². The Bertz CT molecular complexity index is 506. The highest BCUT2D eigenvalue weighted by Gasteiger charge is 2.30. The molecule has 2 nitrogen and oxygen atoms in total. The van der Waals surface area contributed by atoms with Crippen LogP contribution in [0, 0.1) is 0 Å². The Labute approximate surface area is 94.8 Å². The molecule has 0 aliphatic carbocycles. The molecular formula is C9H6ClF3O2S. The number of hydrogen-bond donors (Lipinski definition) is 0. The van der Waals surface area contributed by atoms with Crippen LogP contribution in [0.2, 0.25) is 0 Å². The molecule has 0 spiro atoms. The highest BCUT2D eigenvalue weighted by Crippen LogP contribution is 2.29. The molecule has 0 aliphatic heterocycles. The van der Waals surface area contributed by atoms with Crippen molar-refractivity contribution in [3.05, 3.63) is 40.8 Å². The Morgan fingerprint density at radius 3 is 2.38 bits per heavy atom. The number of hydrogen-bond acceptors (Lipinski definition) is 2. The minimum Gasteiger partial charge on any atom is -0.208 e. The summed E-state index contributed by atoms with van der Waals surface area (Å²) in [6.45, 7) is 0. The van der Waals surface area contributed by atoms with Gasteiger partial charge in [-0.05, 0) is 23.8 Å². The van der Waals surface area contributed by atoms with Gasteiger partial charge in [0.2, 0.25) is 0 Å². The number of benzene rings is 1. The second-order valence-corrected chi connectivity index (χ2v) is 5.42. The van der Waals surface area contributed by atoms with Crippen molar-refractivity contribution in [2.75, 3.05) is 0 Å². The van der Waals surface area contributed by atoms with Crippen molar-refractivity contribution in [1.29, 1.82) is 0 Å². The van der Waals surface area contributed by atoms with Gasteiger partial charge in [0.1, 0.15) is 0 Å². The summed E-state index contributed by atoms with van der Waals surface area (Å²) in [5.41, 5.74) is -0.735. The fraction of sp³-hybridized carbons (Fsp3) is 0.111. The first-order chi connectivity index (χ1) is 7.18. The van der Waals surface area contributed by atoms with E-state index in [9.17, 15) is 21.6 Å². The Morgan fingerprint density at radius 1 is 1.25 bits per heavy atom. The molecule has 0 saturated carbocycles. The molecule has 0 aromatic heterocycles. The molecule has 0 saturated heterocycles. The van der Waals surface area contributed by atoms with Gasteiger partial charge in [0.25, 0.3) is 9.05 Å². The third-order valence-corrected chi connectivity index (χ3v) is 2.41. The summed E-state index contributed by atoms with van der Waals surface area (Å²) in [5, 5.41) is 0.629. The number of alkyl halides is 3. The third kappa shape index (κ3) is 4.24. The number of halogens is 4. The van der Waals surface area contributed by atoms with Crippen LogP contribution in [0.1, 0.15) is 11.1 Å². The second kappa shape index (κ2) is 4.47. The zero-order chi connectivity index (χ0) is 12.4. The summed E-state index contributed by atoms with van der Waals surface area (Å²) in [4.78, 5) is 0. The summed E-state index contributed by atoms with van der Waals surface area (Å²) in [7, 11) is 1.02. The van der Waals surface area contributed by atoms with Crippen LogP contribution in [0.5, 0.6) is 0 Å². The normalized spacial score (nSPS) is 13.2. The van der Waals surface area contributed by atoms with Gasteiger partial charge >= 0.3 is 6.18 Å². The van der Waals surface area contributed by atoms with Gasteiger partial charge in [-0.2, -0.15) is 13.2 Å². The molecule has 7 heteroatoms. The van der Waals surface area contributed by atoms with E-state index in [4.69, 9.17) is 10.7 Å². The Hall–Kier alpha value is -1.01. The molecule has 1 aromatic rings. The van der Waals surface area contributed by atoms with E-state index >= 15 is 0 Å². The minimum absolute atomic E-state index is 0.110. The van der Waals surface area contributed by atoms with Crippen molar-refractivity contribution >= 4 is 25.8 Å². The van der Waals surface area contributed by atoms with E-state index < -0.39 is 20.8 Å². The average molecular weight is 271 g/mol. The van der Waals surface area contributed by atoms with Crippen LogP contribution in [0.25, 0.3) is 6.08 Å². The quantitative estimate of drug-likeness (QED) is 0.773. The topological polar surface area (TPSA) is 34.1 Å². The smallest absolute Gasteiger partial charge is 0.208 e. The first kappa shape index (κ1) is 13.1. The van der Waals surface area contributed by atoms with Crippen LogP contribution in [-0.4, -0.2) is 8.42 Å². The maximum atomic E-state index is 12.3. The SMILES string of the molecule is O=S(=O)(Cl)C=Cc1cccc(C(F)(F)F)c1. The van der Waals surface area contributed by atoms with E-state index in [1.54, 1.807) is 0 Å². The van der Waals surface area contributed by atoms with Crippen LogP contribution < -0.4 is 0 Å². The van der Waals surface area contributed by atoms with Crippen LogP contribution in [-0.2, 0) is 15.2 Å². The van der Waals surface area contributed by atoms with E-state index in [0.29, 0.717) is 5.41 Å². The summed E-state index contributed by atoms with van der Waals surface area (Å²) in [6, 6.07) is 4.25. The Morgan fingerprint density at radius 2 is 1.88 bits per heavy atom. The molecular weight excluding hydrogens is 265 g/mol. The fourth-order valence-electron chi connectivity index (χ4n) is 0.979. The monoisotopic (exact) mass is 270 g/mol. The predicted octanol–water partition coefficient (Wildman–Crippen LogP) is 3.24. The van der Waals surface area contributed by atoms with Gasteiger partial charge < -0.3 is 0 Å². The van der Waals surface area contributed by atoms with E-state index in [1.165, 1.54) is 12.1 Å². The van der Waals surface area contributed by atoms with Crippen LogP contribution >= 0.6 is 10.7 Å². The van der Waals surface area contributed by atoms with E-state index in [2.05, 4.69) is 0 Å². The lowest BCUT2D eigenvalue weighted by atomic mass is 10.1. The minimum atomic E-state index is -4.45. The van der Waals surface area contributed by atoms with Gasteiger partial charge in [0.15, 0.2) is 0 Å². The van der Waals surface area contributed by atoms with E-state index in [0.717, 1.165) is 18.2 Å². The lowest BCUT2D eigenvalue weighted by molar-refractivity contribution is -0.137. The molecule has 1 aromatic carbocycles. The van der Waals surface area contributed by atoms with Crippen molar-refractivity contribution in [1.82, 2.24) is 0 Å². The molecule has 88 valence electrons. The van der Waals surface area contributed by atoms with Crippen molar-refractivity contribution in [3.8, 4) is 0 Å². The zero-order valence-electron chi connectivity index (χ0n) is 7.70. The molecule has 0 fully saturated rings. The molecule has 0 amide bonds. The van der Waals surface area contributed by atoms with Gasteiger partial charge in [-0.15, -0.1) is 0 Å². The van der Waals surface area contributed by atoms with E-state index in [-0.39, 0.29) is 5.56 Å². The maximum absolute atomic E-state index is 12.3. The molecule has 0 bridgehead atoms.